The third-order valence-electron chi connectivity index (χ3n) is 21.0. The van der Waals surface area contributed by atoms with Crippen molar-refractivity contribution in [1.29, 1.82) is 10.5 Å². The molecule has 0 amide bonds. The first-order chi connectivity index (χ1) is 56.6. The third-order valence-corrected chi connectivity index (χ3v) is 21.0. The van der Waals surface area contributed by atoms with Crippen molar-refractivity contribution in [2.24, 2.45) is 0 Å². The number of nitrogens with zero attached hydrogens (tertiary/aromatic N) is 8. The van der Waals surface area contributed by atoms with Gasteiger partial charge in [-0.05, 0) is 266 Å². The van der Waals surface area contributed by atoms with Gasteiger partial charge >= 0.3 is 0 Å². The summed E-state index contributed by atoms with van der Waals surface area (Å²) >= 11 is 0. The first-order valence-corrected chi connectivity index (χ1v) is 38.6. The lowest BCUT2D eigenvalue weighted by Gasteiger charge is -2.27. The minimum Gasteiger partial charge on any atom is -0.345 e. The number of para-hydroxylation sites is 1. The van der Waals surface area contributed by atoms with Gasteiger partial charge in [0.05, 0.1) is 23.3 Å². The van der Waals surface area contributed by atoms with Crippen LogP contribution in [0.4, 0.5) is 85.3 Å². The third kappa shape index (κ3) is 17.0. The molecule has 115 heavy (non-hydrogen) atoms. The molecule has 0 atom stereocenters. The van der Waals surface area contributed by atoms with Crippen molar-refractivity contribution >= 4 is 118 Å². The van der Waals surface area contributed by atoms with E-state index < -0.39 is 0 Å². The van der Waals surface area contributed by atoms with Crippen LogP contribution in [0.3, 0.4) is 0 Å². The summed E-state index contributed by atoms with van der Waals surface area (Å²) in [4.78, 5) is 13.4. The second-order valence-corrected chi connectivity index (χ2v) is 28.2. The summed E-state index contributed by atoms with van der Waals surface area (Å²) in [5.74, 6) is 0. The van der Waals surface area contributed by atoms with E-state index in [1.807, 2.05) is 80.8 Å². The van der Waals surface area contributed by atoms with Gasteiger partial charge in [0.25, 0.3) is 0 Å². The summed E-state index contributed by atoms with van der Waals surface area (Å²) in [6.45, 7) is 0. The van der Waals surface area contributed by atoms with E-state index in [1.165, 1.54) is 65.7 Å². The molecule has 18 aromatic rings. The number of nitriles is 2. The van der Waals surface area contributed by atoms with E-state index in [2.05, 4.69) is 425 Å². The van der Waals surface area contributed by atoms with Crippen LogP contribution in [-0.4, -0.2) is 21.1 Å². The highest BCUT2D eigenvalue weighted by molar-refractivity contribution is 5.93. The molecule has 0 saturated carbocycles. The Balaban J connectivity index is 0.000000130. The predicted octanol–water partition coefficient (Wildman–Crippen LogP) is 29.0. The molecule has 18 aromatic carbocycles. The summed E-state index contributed by atoms with van der Waals surface area (Å²) in [5.41, 5.74) is 24.9. The average molecular weight is 1480 g/mol. The first-order valence-electron chi connectivity index (χ1n) is 38.6. The van der Waals surface area contributed by atoms with Gasteiger partial charge in [-0.15, -0.1) is 0 Å². The van der Waals surface area contributed by atoms with Crippen molar-refractivity contribution in [3.05, 3.63) is 454 Å². The monoisotopic (exact) mass is 1480 g/mol. The van der Waals surface area contributed by atoms with Crippen LogP contribution in [0.25, 0.3) is 65.7 Å². The molecule has 0 heterocycles. The number of hydrogen-bond acceptors (Lipinski definition) is 8. The standard InChI is InChI=1S/2C36H27N3.C35H28N2/c1-38(35-13-7-8-27(24-35)26-37)32-20-22-34(23-21-32)39(36-19-16-29-11-5-6-12-31(29)25-36)33-17-14-30(15-18-33)28-9-3-2-4-10-28;1-38(32-16-11-27(26-37)12-17-32)33-21-23-35(24-22-33)39(36-20-15-29-9-5-6-10-31(29)25-36)34-18-13-30(14-19-34)28-7-3-2-4-8-28;1-36(31-16-6-3-7-17-31)32-21-23-33(24-22-32)37(35-20-19-28-13-8-9-14-29(28)26-35)34-18-10-15-30(25-34)27-11-4-2-5-12-27/h2*2-25H,1H3;2-26H,1H3. The molecule has 0 aliphatic carbocycles. The lowest BCUT2D eigenvalue weighted by Crippen LogP contribution is -2.12. The zero-order chi connectivity index (χ0) is 78.2. The van der Waals surface area contributed by atoms with Crippen molar-refractivity contribution in [3.8, 4) is 45.5 Å². The Kier molecular flexibility index (Phi) is 22.2. The van der Waals surface area contributed by atoms with Gasteiger partial charge in [0.1, 0.15) is 0 Å². The van der Waals surface area contributed by atoms with Gasteiger partial charge in [0, 0.05) is 106 Å². The minimum absolute atomic E-state index is 0.650. The number of benzene rings is 18. The highest BCUT2D eigenvalue weighted by atomic mass is 15.2. The molecule has 0 aliphatic rings. The Labute approximate surface area is 673 Å². The second-order valence-electron chi connectivity index (χ2n) is 28.2. The molecule has 550 valence electrons. The van der Waals surface area contributed by atoms with Crippen LogP contribution in [0.2, 0.25) is 0 Å². The van der Waals surface area contributed by atoms with Gasteiger partial charge in [-0.2, -0.15) is 10.5 Å². The summed E-state index contributed by atoms with van der Waals surface area (Å²) in [6, 6.07) is 159. The lowest BCUT2D eigenvalue weighted by atomic mass is 10.0. The Hall–Kier alpha value is -15.5. The SMILES string of the molecule is CN(c1ccc(C#N)cc1)c1ccc(N(c2ccc(-c3ccccc3)cc2)c2ccc3ccccc3c2)cc1.CN(c1ccc(N(c2ccc(-c3ccccc3)cc2)c2ccc3ccccc3c2)cc1)c1cccc(C#N)c1.CN(c1ccccc1)c1ccc(N(c2cccc(-c3ccccc3)c2)c2ccc3ccccc3c2)cc1. The van der Waals surface area contributed by atoms with Crippen molar-refractivity contribution in [1.82, 2.24) is 0 Å². The van der Waals surface area contributed by atoms with E-state index in [1.54, 1.807) is 0 Å². The molecule has 18 rings (SSSR count). The van der Waals surface area contributed by atoms with Gasteiger partial charge in [0.2, 0.25) is 0 Å². The van der Waals surface area contributed by atoms with Crippen LogP contribution in [0.5, 0.6) is 0 Å². The highest BCUT2D eigenvalue weighted by Gasteiger charge is 2.20. The Morgan fingerprint density at radius 1 is 0.157 bits per heavy atom. The molecule has 8 nitrogen and oxygen atoms in total. The molecule has 0 unspecified atom stereocenters. The predicted molar refractivity (Wildman–Crippen MR) is 485 cm³/mol. The topological polar surface area (TPSA) is 67.0 Å². The van der Waals surface area contributed by atoms with E-state index in [9.17, 15) is 5.26 Å². The maximum atomic E-state index is 9.30. The fraction of sp³-hybridized carbons (Fsp3) is 0.0280. The summed E-state index contributed by atoms with van der Waals surface area (Å²) in [5, 5.41) is 25.7. The van der Waals surface area contributed by atoms with Gasteiger partial charge < -0.3 is 29.4 Å². The molecule has 0 aromatic heterocycles. The molecule has 0 aliphatic heterocycles. The molecule has 0 fully saturated rings. The maximum Gasteiger partial charge on any atom is 0.0992 e. The Bertz CT molecular complexity index is 6390. The Morgan fingerprint density at radius 2 is 0.391 bits per heavy atom. The first kappa shape index (κ1) is 73.7. The maximum absolute atomic E-state index is 9.30. The fourth-order valence-electron chi connectivity index (χ4n) is 14.7. The molecular formula is C107H82N8. The van der Waals surface area contributed by atoms with Gasteiger partial charge in [-0.3, -0.25) is 0 Å². The number of hydrogen-bond donors (Lipinski definition) is 0. The van der Waals surface area contributed by atoms with E-state index >= 15 is 0 Å². The van der Waals surface area contributed by atoms with Gasteiger partial charge in [0.15, 0.2) is 0 Å². The number of anilines is 15. The van der Waals surface area contributed by atoms with Crippen LogP contribution in [0, 0.1) is 22.7 Å². The molecule has 0 radical (unpaired) electrons. The highest BCUT2D eigenvalue weighted by Crippen LogP contribution is 2.43. The quantitative estimate of drug-likeness (QED) is 0.0842. The fourth-order valence-corrected chi connectivity index (χ4v) is 14.7. The molecular weight excluding hydrogens is 1400 g/mol. The van der Waals surface area contributed by atoms with Crippen molar-refractivity contribution in [3.63, 3.8) is 0 Å². The van der Waals surface area contributed by atoms with E-state index in [0.717, 1.165) is 85.3 Å². The summed E-state index contributed by atoms with van der Waals surface area (Å²) in [7, 11) is 6.17. The van der Waals surface area contributed by atoms with Crippen LogP contribution in [0.15, 0.2) is 443 Å². The Morgan fingerprint density at radius 3 is 0.765 bits per heavy atom. The molecule has 0 spiro atoms. The van der Waals surface area contributed by atoms with E-state index in [-0.39, 0.29) is 0 Å². The smallest absolute Gasteiger partial charge is 0.0992 e. The number of fused-ring (bicyclic) bond motifs is 3. The van der Waals surface area contributed by atoms with E-state index in [4.69, 9.17) is 5.26 Å². The molecule has 0 N–H and O–H groups in total. The summed E-state index contributed by atoms with van der Waals surface area (Å²) < 4.78 is 0. The van der Waals surface area contributed by atoms with Gasteiger partial charge in [-0.25, -0.2) is 0 Å². The minimum atomic E-state index is 0.650. The van der Waals surface area contributed by atoms with Crippen molar-refractivity contribution in [2.45, 2.75) is 0 Å². The van der Waals surface area contributed by atoms with Crippen LogP contribution in [-0.2, 0) is 0 Å². The van der Waals surface area contributed by atoms with Crippen LogP contribution < -0.4 is 29.4 Å². The molecule has 8 heteroatoms. The van der Waals surface area contributed by atoms with Crippen molar-refractivity contribution in [2.75, 3.05) is 50.5 Å². The summed E-state index contributed by atoms with van der Waals surface area (Å²) in [6.07, 6.45) is 0. The zero-order valence-corrected chi connectivity index (χ0v) is 64.2. The van der Waals surface area contributed by atoms with Crippen LogP contribution >= 0.6 is 0 Å². The largest absolute Gasteiger partial charge is 0.345 e. The lowest BCUT2D eigenvalue weighted by molar-refractivity contribution is 1.20. The zero-order valence-electron chi connectivity index (χ0n) is 64.2. The molecule has 0 saturated heterocycles. The normalized spacial score (nSPS) is 10.7. The number of rotatable bonds is 18. The second kappa shape index (κ2) is 34.6. The van der Waals surface area contributed by atoms with Crippen LogP contribution in [0.1, 0.15) is 11.1 Å². The van der Waals surface area contributed by atoms with E-state index in [0.29, 0.717) is 11.1 Å². The average Bonchev–Trinajstić information content (AvgIpc) is 0.789. The van der Waals surface area contributed by atoms with Crippen molar-refractivity contribution < 1.29 is 0 Å². The van der Waals surface area contributed by atoms with Gasteiger partial charge in [-0.1, -0.05) is 243 Å². The molecule has 0 bridgehead atoms.